The average Bonchev–Trinajstić information content (AvgIpc) is 2.48. The third-order valence-electron chi connectivity index (χ3n) is 2.84. The molecule has 0 saturated carbocycles. The fourth-order valence-corrected chi connectivity index (χ4v) is 1.56. The van der Waals surface area contributed by atoms with Gasteiger partial charge in [0, 0.05) is 11.6 Å². The zero-order chi connectivity index (χ0) is 17.5. The van der Waals surface area contributed by atoms with Gasteiger partial charge in [-0.3, -0.25) is 0 Å². The lowest BCUT2D eigenvalue weighted by Crippen LogP contribution is -2.32. The summed E-state index contributed by atoms with van der Waals surface area (Å²) in [6.45, 7) is 4.93. The van der Waals surface area contributed by atoms with Crippen molar-refractivity contribution in [1.82, 2.24) is 4.65 Å². The molecule has 0 radical (unpaired) electrons. The van der Waals surface area contributed by atoms with Crippen molar-refractivity contribution in [3.63, 3.8) is 0 Å². The van der Waals surface area contributed by atoms with Crippen LogP contribution in [0.25, 0.3) is 6.08 Å². The largest absolute Gasteiger partial charge is 0.628 e. The predicted octanol–water partition coefficient (Wildman–Crippen LogP) is 2.43. The monoisotopic (exact) mass is 319 g/mol. The molecule has 0 spiro atoms. The van der Waals surface area contributed by atoms with Crippen molar-refractivity contribution in [2.75, 3.05) is 27.3 Å². The molecule has 0 amide bonds. The van der Waals surface area contributed by atoms with Crippen LogP contribution in [0.3, 0.4) is 0 Å². The van der Waals surface area contributed by atoms with Gasteiger partial charge in [-0.2, -0.15) is 0 Å². The van der Waals surface area contributed by atoms with E-state index in [0.29, 0.717) is 11.3 Å². The second kappa shape index (κ2) is 8.26. The summed E-state index contributed by atoms with van der Waals surface area (Å²) in [5, 5.41) is 11.7. The highest BCUT2D eigenvalue weighted by Crippen LogP contribution is 2.18. The molecule has 124 valence electrons. The van der Waals surface area contributed by atoms with Crippen LogP contribution in [-0.4, -0.2) is 39.2 Å². The summed E-state index contributed by atoms with van der Waals surface area (Å²) in [7, 11) is 3.06. The second-order valence-electron chi connectivity index (χ2n) is 5.36. The van der Waals surface area contributed by atoms with Crippen molar-refractivity contribution in [2.45, 2.75) is 6.92 Å². The Kier molecular flexibility index (Phi) is 6.68. The van der Waals surface area contributed by atoms with Crippen LogP contribution in [0.2, 0.25) is 0 Å². The first kappa shape index (κ1) is 18.6. The maximum Gasteiger partial charge on any atom is 0.333 e. The fourth-order valence-electron chi connectivity index (χ4n) is 1.56. The number of esters is 2. The summed E-state index contributed by atoms with van der Waals surface area (Å²) in [6.07, 6.45) is 2.85. The summed E-state index contributed by atoms with van der Waals surface area (Å²) in [6, 6.07) is 6.89. The molecule has 0 unspecified atom stereocenters. The van der Waals surface area contributed by atoms with Crippen LogP contribution in [0.15, 0.2) is 42.5 Å². The fraction of sp³-hybridized carbons (Fsp3) is 0.294. The van der Waals surface area contributed by atoms with Gasteiger partial charge in [-0.05, 0) is 42.8 Å². The Labute approximate surface area is 135 Å². The van der Waals surface area contributed by atoms with E-state index in [9.17, 15) is 14.8 Å². The molecule has 23 heavy (non-hydrogen) atoms. The number of hydrogen-bond acceptors (Lipinski definition) is 5. The Morgan fingerprint density at radius 1 is 1.17 bits per heavy atom. The molecule has 0 bridgehead atoms. The van der Waals surface area contributed by atoms with E-state index in [1.807, 2.05) is 0 Å². The van der Waals surface area contributed by atoms with Crippen LogP contribution in [0.5, 0.6) is 0 Å². The number of nitrogens with zero attached hydrogens (tertiary/aromatic N) is 1. The third kappa shape index (κ3) is 6.90. The lowest BCUT2D eigenvalue weighted by Gasteiger charge is -2.33. The molecule has 0 saturated heterocycles. The molecule has 1 aromatic rings. The highest BCUT2D eigenvalue weighted by Gasteiger charge is 2.06. The Hall–Kier alpha value is -2.44. The molecule has 0 heterocycles. The molecule has 6 nitrogen and oxygen atoms in total. The maximum atomic E-state index is 11.7. The Morgan fingerprint density at radius 2 is 1.74 bits per heavy atom. The minimum absolute atomic E-state index is 0.0174. The minimum atomic E-state index is -0.541. The molecule has 0 aliphatic heterocycles. The van der Waals surface area contributed by atoms with E-state index in [2.05, 4.69) is 6.58 Å². The molecule has 1 rings (SSSR count). The number of hydroxylamine groups is 2. The molecule has 0 aliphatic rings. The Morgan fingerprint density at radius 3 is 2.26 bits per heavy atom. The van der Waals surface area contributed by atoms with E-state index in [0.717, 1.165) is 5.56 Å². The smallest absolute Gasteiger partial charge is 0.333 e. The van der Waals surface area contributed by atoms with Gasteiger partial charge < -0.3 is 19.3 Å². The predicted molar refractivity (Wildman–Crippen MR) is 89.2 cm³/mol. The summed E-state index contributed by atoms with van der Waals surface area (Å²) in [5.74, 6) is -1.06. The molecule has 1 aromatic carbocycles. The van der Waals surface area contributed by atoms with Gasteiger partial charge in [-0.15, -0.1) is 0 Å². The third-order valence-corrected chi connectivity index (χ3v) is 2.84. The first-order chi connectivity index (χ1) is 10.7. The minimum Gasteiger partial charge on any atom is -0.628 e. The summed E-state index contributed by atoms with van der Waals surface area (Å²) in [4.78, 5) is 22.6. The quantitative estimate of drug-likeness (QED) is 0.254. The van der Waals surface area contributed by atoms with E-state index in [1.54, 1.807) is 30.3 Å². The van der Waals surface area contributed by atoms with Crippen LogP contribution in [0.4, 0.5) is 5.69 Å². The van der Waals surface area contributed by atoms with E-state index < -0.39 is 16.6 Å². The summed E-state index contributed by atoms with van der Waals surface area (Å²) in [5.41, 5.74) is 1.68. The van der Waals surface area contributed by atoms with Crippen molar-refractivity contribution in [2.24, 2.45) is 0 Å². The molecule has 0 atom stereocenters. The molecule has 0 aromatic heterocycles. The van der Waals surface area contributed by atoms with Crippen molar-refractivity contribution in [1.29, 1.82) is 0 Å². The summed E-state index contributed by atoms with van der Waals surface area (Å²) >= 11 is 0. The van der Waals surface area contributed by atoms with Crippen LogP contribution < -0.4 is 4.65 Å². The molecule has 6 heteroatoms. The molecule has 0 N–H and O–H groups in total. The Balaban J connectivity index is 2.40. The number of hydrogen-bond donors (Lipinski definition) is 0. The van der Waals surface area contributed by atoms with Crippen LogP contribution in [-0.2, 0) is 19.1 Å². The number of carbonyl (C=O) groups is 2. The van der Waals surface area contributed by atoms with Gasteiger partial charge in [-0.1, -0.05) is 6.58 Å². The zero-order valence-corrected chi connectivity index (χ0v) is 13.6. The normalized spacial score (nSPS) is 11.3. The SMILES string of the molecule is C=C(C)C(=O)OCCOC(=O)/C=C/c1ccc([N+](C)(C)[O-])cc1. The van der Waals surface area contributed by atoms with Gasteiger partial charge in [0.25, 0.3) is 0 Å². The van der Waals surface area contributed by atoms with Gasteiger partial charge in [0.05, 0.1) is 14.1 Å². The highest BCUT2D eigenvalue weighted by atomic mass is 16.6. The van der Waals surface area contributed by atoms with Crippen molar-refractivity contribution in [3.8, 4) is 0 Å². The second-order valence-corrected chi connectivity index (χ2v) is 5.36. The van der Waals surface area contributed by atoms with Crippen molar-refractivity contribution >= 4 is 23.7 Å². The van der Waals surface area contributed by atoms with Gasteiger partial charge >= 0.3 is 11.9 Å². The van der Waals surface area contributed by atoms with Crippen LogP contribution in [0, 0.1) is 5.21 Å². The molecular formula is C17H21NO5. The van der Waals surface area contributed by atoms with Crippen molar-refractivity contribution < 1.29 is 19.1 Å². The van der Waals surface area contributed by atoms with Gasteiger partial charge in [0.15, 0.2) is 0 Å². The lowest BCUT2D eigenvalue weighted by atomic mass is 10.2. The number of carbonyl (C=O) groups excluding carboxylic acids is 2. The number of ether oxygens (including phenoxy) is 2. The first-order valence-corrected chi connectivity index (χ1v) is 7.03. The number of rotatable bonds is 7. The van der Waals surface area contributed by atoms with E-state index in [4.69, 9.17) is 9.47 Å². The highest BCUT2D eigenvalue weighted by molar-refractivity contribution is 5.87. The zero-order valence-electron chi connectivity index (χ0n) is 13.6. The van der Waals surface area contributed by atoms with Crippen LogP contribution in [0.1, 0.15) is 12.5 Å². The molecular weight excluding hydrogens is 298 g/mol. The average molecular weight is 319 g/mol. The number of quaternary nitrogens is 1. The molecule has 0 fully saturated rings. The Bertz CT molecular complexity index is 596. The van der Waals surface area contributed by atoms with E-state index in [-0.39, 0.29) is 13.2 Å². The van der Waals surface area contributed by atoms with Gasteiger partial charge in [0.1, 0.15) is 18.9 Å². The topological polar surface area (TPSA) is 75.7 Å². The molecule has 0 aliphatic carbocycles. The van der Waals surface area contributed by atoms with Crippen molar-refractivity contribution in [3.05, 3.63) is 53.3 Å². The number of benzene rings is 1. The van der Waals surface area contributed by atoms with E-state index >= 15 is 0 Å². The maximum absolute atomic E-state index is 11.7. The van der Waals surface area contributed by atoms with Gasteiger partial charge in [0.2, 0.25) is 0 Å². The van der Waals surface area contributed by atoms with E-state index in [1.165, 1.54) is 27.1 Å². The van der Waals surface area contributed by atoms with Crippen LogP contribution >= 0.6 is 0 Å². The standard InChI is InChI=1S/C17H21NO5/c1-13(2)17(20)23-12-11-22-16(19)10-7-14-5-8-15(9-6-14)18(3,4)21/h5-10H,1,11-12H2,2-4H3/b10-7+. The van der Waals surface area contributed by atoms with Gasteiger partial charge in [-0.25, -0.2) is 9.59 Å². The first-order valence-electron chi connectivity index (χ1n) is 7.03. The summed E-state index contributed by atoms with van der Waals surface area (Å²) < 4.78 is 9.16. The lowest BCUT2D eigenvalue weighted by molar-refractivity contribution is -0.146.